The average molecular weight is 520 g/mol. The van der Waals surface area contributed by atoms with Gasteiger partial charge in [0.2, 0.25) is 0 Å². The number of nitro benzene ring substituents is 1. The maximum absolute atomic E-state index is 11.7. The molecule has 11 heteroatoms. The van der Waals surface area contributed by atoms with Crippen LogP contribution in [0.15, 0.2) is 29.3 Å². The highest BCUT2D eigenvalue weighted by Crippen LogP contribution is 2.22. The first-order valence-electron chi connectivity index (χ1n) is 9.41. The number of rotatable bonds is 7. The Balaban J connectivity index is 0.00000420. The van der Waals surface area contributed by atoms with E-state index in [1.54, 1.807) is 37.1 Å². The first kappa shape index (κ1) is 24.7. The number of anilines is 1. The minimum Gasteiger partial charge on any atom is -0.450 e. The van der Waals surface area contributed by atoms with Gasteiger partial charge < -0.3 is 25.6 Å². The normalized spacial score (nSPS) is 14.6. The van der Waals surface area contributed by atoms with Crippen molar-refractivity contribution in [2.45, 2.75) is 25.8 Å². The van der Waals surface area contributed by atoms with Gasteiger partial charge >= 0.3 is 6.09 Å². The molecule has 1 aliphatic rings. The number of hydrogen-bond donors (Lipinski definition) is 3. The van der Waals surface area contributed by atoms with Gasteiger partial charge in [-0.3, -0.25) is 15.1 Å². The zero-order valence-corrected chi connectivity index (χ0v) is 19.0. The topological polar surface area (TPSA) is 121 Å². The van der Waals surface area contributed by atoms with Crippen LogP contribution in [-0.2, 0) is 4.74 Å². The van der Waals surface area contributed by atoms with Crippen molar-refractivity contribution in [3.8, 4) is 0 Å². The summed E-state index contributed by atoms with van der Waals surface area (Å²) < 4.78 is 5.03. The monoisotopic (exact) mass is 520 g/mol. The van der Waals surface area contributed by atoms with Crippen molar-refractivity contribution >= 4 is 47.4 Å². The Morgan fingerprint density at radius 3 is 2.62 bits per heavy atom. The lowest BCUT2D eigenvalue weighted by atomic mass is 10.1. The number of nitrogens with one attached hydrogen (secondary N) is 3. The number of amides is 1. The molecule has 1 aliphatic heterocycles. The molecular weight excluding hydrogens is 491 g/mol. The zero-order valence-electron chi connectivity index (χ0n) is 16.7. The van der Waals surface area contributed by atoms with Crippen molar-refractivity contribution in [2.75, 3.05) is 45.2 Å². The highest BCUT2D eigenvalue weighted by molar-refractivity contribution is 14.0. The van der Waals surface area contributed by atoms with Gasteiger partial charge in [0, 0.05) is 45.3 Å². The lowest BCUT2D eigenvalue weighted by molar-refractivity contribution is -0.384. The number of carbonyl (C=O) groups is 1. The fourth-order valence-electron chi connectivity index (χ4n) is 2.97. The van der Waals surface area contributed by atoms with E-state index >= 15 is 0 Å². The van der Waals surface area contributed by atoms with Crippen LogP contribution in [0.25, 0.3) is 0 Å². The SMILES string of the molecule is CCOC(=O)N1CCC(NC(=NC)NCCNc2ccccc2[N+](=O)[O-])CC1.I. The fourth-order valence-corrected chi connectivity index (χ4v) is 2.97. The minimum absolute atomic E-state index is 0. The summed E-state index contributed by atoms with van der Waals surface area (Å²) in [6.07, 6.45) is 1.37. The van der Waals surface area contributed by atoms with E-state index in [2.05, 4.69) is 20.9 Å². The van der Waals surface area contributed by atoms with E-state index in [1.165, 1.54) is 6.07 Å². The molecule has 1 fully saturated rings. The highest BCUT2D eigenvalue weighted by Gasteiger charge is 2.24. The molecule has 1 saturated heterocycles. The number of aliphatic imine (C=N–C) groups is 1. The van der Waals surface area contributed by atoms with Crippen LogP contribution in [-0.4, -0.2) is 67.8 Å². The van der Waals surface area contributed by atoms with Gasteiger partial charge in [-0.25, -0.2) is 4.79 Å². The van der Waals surface area contributed by atoms with Crippen LogP contribution >= 0.6 is 24.0 Å². The number of nitrogens with zero attached hydrogens (tertiary/aromatic N) is 3. The quantitative estimate of drug-likeness (QED) is 0.126. The van der Waals surface area contributed by atoms with Gasteiger partial charge in [0.1, 0.15) is 5.69 Å². The Labute approximate surface area is 187 Å². The second kappa shape index (κ2) is 13.0. The number of halogens is 1. The van der Waals surface area contributed by atoms with Crippen LogP contribution in [0.1, 0.15) is 19.8 Å². The van der Waals surface area contributed by atoms with Gasteiger partial charge in [0.15, 0.2) is 5.96 Å². The summed E-state index contributed by atoms with van der Waals surface area (Å²) in [4.78, 5) is 28.3. The van der Waals surface area contributed by atoms with E-state index in [0.29, 0.717) is 44.4 Å². The predicted octanol–water partition coefficient (Wildman–Crippen LogP) is 2.41. The van der Waals surface area contributed by atoms with Gasteiger partial charge in [-0.15, -0.1) is 24.0 Å². The third-order valence-electron chi connectivity index (χ3n) is 4.42. The van der Waals surface area contributed by atoms with Crippen molar-refractivity contribution in [3.05, 3.63) is 34.4 Å². The highest BCUT2D eigenvalue weighted by atomic mass is 127. The largest absolute Gasteiger partial charge is 0.450 e. The van der Waals surface area contributed by atoms with Crippen LogP contribution in [0.4, 0.5) is 16.2 Å². The van der Waals surface area contributed by atoms with Gasteiger partial charge in [0.05, 0.1) is 11.5 Å². The molecule has 1 aromatic carbocycles. The maximum Gasteiger partial charge on any atom is 0.409 e. The molecule has 29 heavy (non-hydrogen) atoms. The Kier molecular flexibility index (Phi) is 11.1. The van der Waals surface area contributed by atoms with Crippen molar-refractivity contribution in [1.82, 2.24) is 15.5 Å². The number of nitro groups is 1. The Bertz CT molecular complexity index is 695. The summed E-state index contributed by atoms with van der Waals surface area (Å²) in [6, 6.07) is 6.77. The number of benzene rings is 1. The van der Waals surface area contributed by atoms with Crippen LogP contribution in [0.3, 0.4) is 0 Å². The number of piperidine rings is 1. The molecule has 1 heterocycles. The number of guanidine groups is 1. The van der Waals surface area contributed by atoms with Gasteiger partial charge in [-0.2, -0.15) is 0 Å². The Morgan fingerprint density at radius 1 is 1.31 bits per heavy atom. The average Bonchev–Trinajstić information content (AvgIpc) is 2.71. The predicted molar refractivity (Wildman–Crippen MR) is 123 cm³/mol. The fraction of sp³-hybridized carbons (Fsp3) is 0.556. The molecule has 0 saturated carbocycles. The minimum atomic E-state index is -0.404. The zero-order chi connectivity index (χ0) is 20.4. The van der Waals surface area contributed by atoms with Crippen LogP contribution in [0, 0.1) is 10.1 Å². The summed E-state index contributed by atoms with van der Waals surface area (Å²) in [5.74, 6) is 0.666. The second-order valence-corrected chi connectivity index (χ2v) is 6.30. The third kappa shape index (κ3) is 7.91. The maximum atomic E-state index is 11.7. The van der Waals surface area contributed by atoms with Crippen LogP contribution < -0.4 is 16.0 Å². The summed E-state index contributed by atoms with van der Waals surface area (Å²) in [5, 5.41) is 20.6. The van der Waals surface area contributed by atoms with E-state index < -0.39 is 4.92 Å². The molecule has 1 aromatic rings. The lowest BCUT2D eigenvalue weighted by Gasteiger charge is -2.32. The molecule has 0 atom stereocenters. The molecule has 2 rings (SSSR count). The standard InChI is InChI=1S/C18H28N6O4.HI/c1-3-28-18(25)23-12-8-14(9-13-23)22-17(19-2)21-11-10-20-15-6-4-5-7-16(15)24(26)27;/h4-7,14,20H,3,8-13H2,1-2H3,(H2,19,21,22);1H. The molecule has 162 valence electrons. The number of ether oxygens (including phenoxy) is 1. The second-order valence-electron chi connectivity index (χ2n) is 6.30. The van der Waals surface area contributed by atoms with Crippen LogP contribution in [0.5, 0.6) is 0 Å². The summed E-state index contributed by atoms with van der Waals surface area (Å²) in [6.45, 7) is 4.53. The Hall–Kier alpha value is -2.31. The smallest absolute Gasteiger partial charge is 0.409 e. The van der Waals surface area contributed by atoms with Gasteiger partial charge in [-0.1, -0.05) is 12.1 Å². The molecule has 0 spiro atoms. The molecule has 0 radical (unpaired) electrons. The number of likely N-dealkylation sites (tertiary alicyclic amines) is 1. The summed E-state index contributed by atoms with van der Waals surface area (Å²) in [7, 11) is 1.69. The van der Waals surface area contributed by atoms with Crippen molar-refractivity contribution in [3.63, 3.8) is 0 Å². The molecule has 0 aromatic heterocycles. The first-order chi connectivity index (χ1) is 13.5. The van der Waals surface area contributed by atoms with Crippen molar-refractivity contribution in [1.29, 1.82) is 0 Å². The number of hydrogen-bond acceptors (Lipinski definition) is 6. The third-order valence-corrected chi connectivity index (χ3v) is 4.42. The van der Waals surface area contributed by atoms with Gasteiger partial charge in [0.25, 0.3) is 5.69 Å². The van der Waals surface area contributed by atoms with Crippen molar-refractivity contribution in [2.24, 2.45) is 4.99 Å². The van der Waals surface area contributed by atoms with Crippen LogP contribution in [0.2, 0.25) is 0 Å². The molecule has 0 unspecified atom stereocenters. The molecule has 3 N–H and O–H groups in total. The molecule has 0 bridgehead atoms. The first-order valence-corrected chi connectivity index (χ1v) is 9.41. The van der Waals surface area contributed by atoms with Gasteiger partial charge in [-0.05, 0) is 25.8 Å². The lowest BCUT2D eigenvalue weighted by Crippen LogP contribution is -2.50. The van der Waals surface area contributed by atoms with Crippen molar-refractivity contribution < 1.29 is 14.5 Å². The van der Waals surface area contributed by atoms with E-state index in [1.807, 2.05) is 0 Å². The molecule has 0 aliphatic carbocycles. The molecular formula is C18H29IN6O4. The summed E-state index contributed by atoms with van der Waals surface area (Å²) in [5.41, 5.74) is 0.543. The summed E-state index contributed by atoms with van der Waals surface area (Å²) >= 11 is 0. The number of carbonyl (C=O) groups excluding carboxylic acids is 1. The molecule has 10 nitrogen and oxygen atoms in total. The van der Waals surface area contributed by atoms with E-state index in [4.69, 9.17) is 4.74 Å². The molecule has 1 amide bonds. The van der Waals surface area contributed by atoms with E-state index in [9.17, 15) is 14.9 Å². The van der Waals surface area contributed by atoms with E-state index in [0.717, 1.165) is 12.8 Å². The number of para-hydroxylation sites is 2. The Morgan fingerprint density at radius 2 is 2.00 bits per heavy atom. The van der Waals surface area contributed by atoms with E-state index in [-0.39, 0.29) is 41.8 Å².